The fraction of sp³-hybridized carbons (Fsp3) is 0.364. The minimum atomic E-state index is -1.15. The van der Waals surface area contributed by atoms with Crippen LogP contribution in [0.2, 0.25) is 0 Å². The Bertz CT molecular complexity index is 630. The van der Waals surface area contributed by atoms with E-state index >= 15 is 0 Å². The topological polar surface area (TPSA) is 6.48 Å². The largest absolute Gasteiger partial charge is 0.291 e. The molecule has 0 atom stereocenters. The molecule has 0 radical (unpaired) electrons. The Hall–Kier alpha value is -0.820. The van der Waals surface area contributed by atoms with Crippen LogP contribution in [0.3, 0.4) is 0 Å². The second-order valence-corrected chi connectivity index (χ2v) is 22.2. The molecule has 0 heterocycles. The number of nitrogens with zero attached hydrogens (tertiary/aromatic N) is 2. The van der Waals surface area contributed by atoms with Gasteiger partial charge in [-0.15, -0.1) is 40.9 Å². The summed E-state index contributed by atoms with van der Waals surface area (Å²) in [6.07, 6.45) is 18.3. The highest BCUT2D eigenvalue weighted by atomic mass is 32.3. The van der Waals surface area contributed by atoms with Crippen molar-refractivity contribution in [2.45, 2.75) is 0 Å². The zero-order valence-corrected chi connectivity index (χ0v) is 22.2. The molecule has 1 rings (SSSR count). The molecule has 0 saturated heterocycles. The Morgan fingerprint density at radius 2 is 0.679 bits per heavy atom. The van der Waals surface area contributed by atoms with Gasteiger partial charge in [-0.2, -0.15) is 0 Å². The lowest BCUT2D eigenvalue weighted by Gasteiger charge is -2.54. The zero-order valence-electron chi connectivity index (χ0n) is 19.0. The van der Waals surface area contributed by atoms with Crippen LogP contribution in [0.15, 0.2) is 72.2 Å². The predicted octanol–water partition coefficient (Wildman–Crippen LogP) is 7.79. The summed E-state index contributed by atoms with van der Waals surface area (Å²) in [5.41, 5.74) is 2.45. The molecule has 0 spiro atoms. The van der Waals surface area contributed by atoms with Crippen molar-refractivity contribution in [3.8, 4) is 0 Å². The third kappa shape index (κ3) is 5.21. The first-order valence-corrected chi connectivity index (χ1v) is 18.7. The molecular weight excluding hydrogens is 421 g/mol. The fourth-order valence-electron chi connectivity index (χ4n) is 3.04. The Morgan fingerprint density at radius 1 is 0.500 bits per heavy atom. The van der Waals surface area contributed by atoms with Crippen LogP contribution >= 0.6 is 40.9 Å². The average molecular weight is 461 g/mol. The van der Waals surface area contributed by atoms with E-state index in [0.717, 1.165) is 0 Å². The minimum absolute atomic E-state index is 1.15. The second kappa shape index (κ2) is 8.90. The summed E-state index contributed by atoms with van der Waals surface area (Å²) in [6.45, 7) is 16.4. The first-order valence-electron chi connectivity index (χ1n) is 8.84. The first kappa shape index (κ1) is 25.2. The summed E-state index contributed by atoms with van der Waals surface area (Å²) in [4.78, 5) is 0. The predicted molar refractivity (Wildman–Crippen MR) is 150 cm³/mol. The molecule has 1 aromatic carbocycles. The van der Waals surface area contributed by atoms with Gasteiger partial charge in [0, 0.05) is 0 Å². The van der Waals surface area contributed by atoms with Gasteiger partial charge in [-0.3, -0.25) is 7.42 Å². The maximum atomic E-state index is 4.11. The molecule has 162 valence electrons. The summed E-state index contributed by atoms with van der Waals surface area (Å²) in [5.74, 6) is 0. The van der Waals surface area contributed by atoms with Crippen LogP contribution in [0.1, 0.15) is 0 Å². The minimum Gasteiger partial charge on any atom is -0.291 e. The van der Waals surface area contributed by atoms with Crippen LogP contribution in [-0.4, -0.2) is 50.0 Å². The first-order chi connectivity index (χ1) is 12.7. The lowest BCUT2D eigenvalue weighted by atomic mass is 10.3. The van der Waals surface area contributed by atoms with Gasteiger partial charge in [-0.1, -0.05) is 26.3 Å². The highest BCUT2D eigenvalue weighted by Gasteiger charge is 2.31. The summed E-state index contributed by atoms with van der Waals surface area (Å²) in [5, 5.41) is 8.39. The van der Waals surface area contributed by atoms with Crippen molar-refractivity contribution in [1.29, 1.82) is 0 Å². The molecule has 0 aromatic heterocycles. The second-order valence-electron chi connectivity index (χ2n) is 8.10. The van der Waals surface area contributed by atoms with E-state index in [1.165, 1.54) is 11.4 Å². The van der Waals surface area contributed by atoms with Crippen LogP contribution in [0.25, 0.3) is 0 Å². The van der Waals surface area contributed by atoms with Crippen LogP contribution < -0.4 is 7.42 Å². The Balaban J connectivity index is 3.56. The Kier molecular flexibility index (Phi) is 8.02. The standard InChI is InChI=1S/C22H40N2S4/c1-13-25(5,6)23(26(7,8)14-2)21-17-19-22(20-18-21)24(27(9,10)15-3)28(11,12)16-4/h13-20H,1-4H2,5-12H3. The van der Waals surface area contributed by atoms with Gasteiger partial charge in [-0.05, 0) is 95.9 Å². The van der Waals surface area contributed by atoms with Crippen molar-refractivity contribution in [2.24, 2.45) is 0 Å². The summed E-state index contributed by atoms with van der Waals surface area (Å²) < 4.78 is 5.07. The summed E-state index contributed by atoms with van der Waals surface area (Å²) in [6, 6.07) is 8.98. The summed E-state index contributed by atoms with van der Waals surface area (Å²) >= 11 is 0. The van der Waals surface area contributed by atoms with Gasteiger partial charge in [0.1, 0.15) is 0 Å². The van der Waals surface area contributed by atoms with Crippen molar-refractivity contribution < 1.29 is 0 Å². The molecule has 0 N–H and O–H groups in total. The van der Waals surface area contributed by atoms with Crippen molar-refractivity contribution in [3.05, 3.63) is 72.2 Å². The van der Waals surface area contributed by atoms with Gasteiger partial charge < -0.3 is 0 Å². The van der Waals surface area contributed by atoms with Crippen LogP contribution in [0.5, 0.6) is 0 Å². The van der Waals surface area contributed by atoms with E-state index < -0.39 is 40.9 Å². The van der Waals surface area contributed by atoms with Gasteiger partial charge in [0.15, 0.2) is 0 Å². The van der Waals surface area contributed by atoms with E-state index in [0.29, 0.717) is 0 Å². The van der Waals surface area contributed by atoms with Crippen LogP contribution in [0.4, 0.5) is 11.4 Å². The van der Waals surface area contributed by atoms with Gasteiger partial charge in [0.05, 0.1) is 11.4 Å². The Morgan fingerprint density at radius 3 is 0.821 bits per heavy atom. The van der Waals surface area contributed by atoms with Gasteiger partial charge in [-0.25, -0.2) is 0 Å². The molecule has 0 amide bonds. The Labute approximate surface area is 181 Å². The zero-order chi connectivity index (χ0) is 22.0. The number of hydrogen-bond donors (Lipinski definition) is 0. The third-order valence-corrected chi connectivity index (χ3v) is 16.7. The molecular formula is C22H40N2S4. The smallest absolute Gasteiger partial charge is 0.0566 e. The normalized spacial score (nSPS) is 15.1. The SMILES string of the molecule is C=CS(C)(C)N(c1ccc(N(S(C)(C)C=C)S(C)(C)C=C)cc1)S(C)(C)C=C. The number of benzene rings is 1. The van der Waals surface area contributed by atoms with Crippen LogP contribution in [-0.2, 0) is 0 Å². The average Bonchev–Trinajstić information content (AvgIpc) is 2.62. The van der Waals surface area contributed by atoms with E-state index in [9.17, 15) is 0 Å². The van der Waals surface area contributed by atoms with Crippen LogP contribution in [0, 0.1) is 0 Å². The highest BCUT2D eigenvalue weighted by Crippen LogP contribution is 2.66. The molecule has 0 bridgehead atoms. The molecule has 0 aliphatic rings. The van der Waals surface area contributed by atoms with Crippen molar-refractivity contribution >= 4 is 52.2 Å². The van der Waals surface area contributed by atoms with E-state index in [1.54, 1.807) is 0 Å². The lowest BCUT2D eigenvalue weighted by Crippen LogP contribution is -2.28. The molecule has 0 aliphatic heterocycles. The number of anilines is 2. The number of rotatable bonds is 10. The van der Waals surface area contributed by atoms with E-state index in [-0.39, 0.29) is 0 Å². The summed E-state index contributed by atoms with van der Waals surface area (Å²) in [7, 11) is -4.62. The molecule has 0 aliphatic carbocycles. The van der Waals surface area contributed by atoms with Gasteiger partial charge in [0.25, 0.3) is 0 Å². The molecule has 2 nitrogen and oxygen atoms in total. The fourth-order valence-corrected chi connectivity index (χ4v) is 14.9. The third-order valence-electron chi connectivity index (χ3n) is 4.61. The molecule has 0 saturated carbocycles. The lowest BCUT2D eigenvalue weighted by molar-refractivity contribution is 1.51. The van der Waals surface area contributed by atoms with Crippen molar-refractivity contribution in [2.75, 3.05) is 57.5 Å². The molecule has 28 heavy (non-hydrogen) atoms. The van der Waals surface area contributed by atoms with Crippen molar-refractivity contribution in [3.63, 3.8) is 0 Å². The molecule has 1 aromatic rings. The quantitative estimate of drug-likeness (QED) is 0.351. The van der Waals surface area contributed by atoms with E-state index in [4.69, 9.17) is 0 Å². The molecule has 6 heteroatoms. The van der Waals surface area contributed by atoms with Gasteiger partial charge in [0.2, 0.25) is 0 Å². The van der Waals surface area contributed by atoms with Gasteiger partial charge >= 0.3 is 0 Å². The maximum Gasteiger partial charge on any atom is 0.0566 e. The van der Waals surface area contributed by atoms with E-state index in [1.807, 2.05) is 0 Å². The monoisotopic (exact) mass is 460 g/mol. The highest BCUT2D eigenvalue weighted by molar-refractivity contribution is 8.52. The maximum absolute atomic E-state index is 4.11. The molecule has 0 unspecified atom stereocenters. The van der Waals surface area contributed by atoms with E-state index in [2.05, 4.69) is 130 Å². The molecule has 0 fully saturated rings. The van der Waals surface area contributed by atoms with Crippen molar-refractivity contribution in [1.82, 2.24) is 0 Å². The number of hydrogen-bond acceptors (Lipinski definition) is 2.